The van der Waals surface area contributed by atoms with Crippen molar-refractivity contribution in [3.63, 3.8) is 0 Å². The number of fused-ring (bicyclic) bond motifs is 1. The van der Waals surface area contributed by atoms with Crippen LogP contribution in [0.1, 0.15) is 43.0 Å². The van der Waals surface area contributed by atoms with Gasteiger partial charge >= 0.3 is 0 Å². The molecule has 1 aromatic heterocycles. The van der Waals surface area contributed by atoms with Gasteiger partial charge in [0.2, 0.25) is 5.91 Å². The van der Waals surface area contributed by atoms with E-state index in [1.807, 2.05) is 10.6 Å². The van der Waals surface area contributed by atoms with Crippen molar-refractivity contribution in [2.24, 2.45) is 11.8 Å². The highest BCUT2D eigenvalue weighted by molar-refractivity contribution is 6.22. The first-order valence-corrected chi connectivity index (χ1v) is 12.3. The summed E-state index contributed by atoms with van der Waals surface area (Å²) >= 11 is 6.43. The van der Waals surface area contributed by atoms with Crippen LogP contribution in [0.25, 0.3) is 5.69 Å². The smallest absolute Gasteiger partial charge is 0.252 e. The highest BCUT2D eigenvalue weighted by atomic mass is 35.5. The quantitative estimate of drug-likeness (QED) is 0.658. The van der Waals surface area contributed by atoms with Crippen molar-refractivity contribution in [2.45, 2.75) is 56.2 Å². The Balaban J connectivity index is 1.39. The number of hydrogen-bond donors (Lipinski definition) is 1. The van der Waals surface area contributed by atoms with E-state index in [2.05, 4.69) is 17.2 Å². The van der Waals surface area contributed by atoms with Gasteiger partial charge in [0, 0.05) is 30.2 Å². The van der Waals surface area contributed by atoms with Crippen LogP contribution in [-0.4, -0.2) is 68.8 Å². The molecule has 0 bridgehead atoms. The van der Waals surface area contributed by atoms with Crippen molar-refractivity contribution in [3.05, 3.63) is 48.5 Å². The molecule has 2 aromatic rings. The van der Waals surface area contributed by atoms with Gasteiger partial charge in [0.15, 0.2) is 5.78 Å². The number of nitrogens with one attached hydrogen (secondary N) is 1. The molecule has 4 atom stereocenters. The summed E-state index contributed by atoms with van der Waals surface area (Å²) in [4.78, 5) is 45.2. The van der Waals surface area contributed by atoms with Gasteiger partial charge in [0.05, 0.1) is 11.7 Å². The van der Waals surface area contributed by atoms with Gasteiger partial charge in [0.1, 0.15) is 24.8 Å². The first kappa shape index (κ1) is 23.1. The summed E-state index contributed by atoms with van der Waals surface area (Å²) < 4.78 is 7.37. The second kappa shape index (κ2) is 9.50. The van der Waals surface area contributed by atoms with Gasteiger partial charge in [-0.25, -0.2) is 4.98 Å². The Labute approximate surface area is 203 Å². The zero-order chi connectivity index (χ0) is 23.8. The van der Waals surface area contributed by atoms with Crippen molar-refractivity contribution in [2.75, 3.05) is 13.2 Å². The van der Waals surface area contributed by atoms with Gasteiger partial charge in [-0.2, -0.15) is 0 Å². The molecule has 1 N–H and O–H groups in total. The molecular formula is C25H29ClN4O4. The van der Waals surface area contributed by atoms with Crippen LogP contribution in [0.15, 0.2) is 43.0 Å². The third kappa shape index (κ3) is 4.36. The summed E-state index contributed by atoms with van der Waals surface area (Å²) in [5.41, 5.74) is 1.27. The van der Waals surface area contributed by atoms with Gasteiger partial charge < -0.3 is 19.5 Å². The number of rotatable bonds is 5. The number of likely N-dealkylation sites (tertiary alicyclic amines) is 1. The van der Waals surface area contributed by atoms with E-state index >= 15 is 0 Å². The van der Waals surface area contributed by atoms with Crippen LogP contribution in [-0.2, 0) is 14.3 Å². The highest BCUT2D eigenvalue weighted by Gasteiger charge is 2.53. The minimum Gasteiger partial charge on any atom is -0.366 e. The summed E-state index contributed by atoms with van der Waals surface area (Å²) in [5.74, 6) is -0.0730. The molecule has 180 valence electrons. The Hall–Kier alpha value is -2.71. The number of carbonyl (C=O) groups excluding carboxylic acids is 3. The lowest BCUT2D eigenvalue weighted by molar-refractivity contribution is -0.139. The number of ketones is 1. The number of benzene rings is 1. The van der Waals surface area contributed by atoms with Gasteiger partial charge in [-0.05, 0) is 42.9 Å². The van der Waals surface area contributed by atoms with E-state index in [-0.39, 0.29) is 36.7 Å². The van der Waals surface area contributed by atoms with Gasteiger partial charge in [-0.1, -0.05) is 25.8 Å². The number of imidazole rings is 1. The molecule has 5 rings (SSSR count). The average molecular weight is 485 g/mol. The van der Waals surface area contributed by atoms with E-state index in [0.717, 1.165) is 31.4 Å². The molecule has 0 spiro atoms. The number of hydrogen-bond acceptors (Lipinski definition) is 5. The molecular weight excluding hydrogens is 456 g/mol. The highest BCUT2D eigenvalue weighted by Crippen LogP contribution is 2.35. The molecule has 9 heteroatoms. The Bertz CT molecular complexity index is 1070. The third-order valence-corrected chi connectivity index (χ3v) is 7.79. The fourth-order valence-electron chi connectivity index (χ4n) is 5.45. The van der Waals surface area contributed by atoms with Crippen molar-refractivity contribution < 1.29 is 19.1 Å². The van der Waals surface area contributed by atoms with Crippen molar-refractivity contribution >= 4 is 29.2 Å². The monoisotopic (exact) mass is 484 g/mol. The van der Waals surface area contributed by atoms with Crippen LogP contribution in [0, 0.1) is 11.8 Å². The number of alkyl halides is 1. The Morgan fingerprint density at radius 3 is 2.76 bits per heavy atom. The van der Waals surface area contributed by atoms with E-state index in [0.29, 0.717) is 11.5 Å². The number of carbonyl (C=O) groups is 3. The Morgan fingerprint density at radius 1 is 1.24 bits per heavy atom. The molecule has 1 saturated carbocycles. The van der Waals surface area contributed by atoms with Crippen LogP contribution < -0.4 is 5.32 Å². The minimum absolute atomic E-state index is 0.00901. The molecule has 1 aliphatic carbocycles. The van der Waals surface area contributed by atoms with Crippen LogP contribution in [0.2, 0.25) is 0 Å². The van der Waals surface area contributed by atoms with Crippen LogP contribution >= 0.6 is 11.6 Å². The summed E-state index contributed by atoms with van der Waals surface area (Å²) in [6, 6.07) is 5.82. The second-order valence-corrected chi connectivity index (χ2v) is 10.2. The lowest BCUT2D eigenvalue weighted by Crippen LogP contribution is -2.55. The number of halogens is 1. The number of amides is 2. The summed E-state index contributed by atoms with van der Waals surface area (Å²) in [5, 5.41) is 2.59. The van der Waals surface area contributed by atoms with Gasteiger partial charge in [-0.3, -0.25) is 14.4 Å². The molecule has 3 fully saturated rings. The van der Waals surface area contributed by atoms with E-state index < -0.39 is 23.6 Å². The lowest BCUT2D eigenvalue weighted by Gasteiger charge is -2.35. The lowest BCUT2D eigenvalue weighted by atomic mass is 9.78. The largest absolute Gasteiger partial charge is 0.366 e. The van der Waals surface area contributed by atoms with Crippen LogP contribution in [0.3, 0.4) is 0 Å². The summed E-state index contributed by atoms with van der Waals surface area (Å²) in [6.45, 7) is 2.43. The van der Waals surface area contributed by atoms with Crippen molar-refractivity contribution in [3.8, 4) is 5.69 Å². The summed E-state index contributed by atoms with van der Waals surface area (Å²) in [6.07, 6.45) is 8.38. The molecule has 3 heterocycles. The Kier molecular flexibility index (Phi) is 6.44. The standard InChI is InChI=1S/C25H29ClN4O4/c1-15-5-7-16(8-6-15)21(25(33)30-12-19(26)23-22(30)20(31)13-34-23)28-24(32)17-3-2-4-18(11-17)29-10-9-27-14-29/h2-4,9-11,14-16,19,21-23H,5-8,12-13H2,1H3,(H,28,32)/t15?,16?,19-,21-,22+,23+/m0/s1. The van der Waals surface area contributed by atoms with E-state index in [9.17, 15) is 14.4 Å². The van der Waals surface area contributed by atoms with E-state index in [1.54, 1.807) is 41.8 Å². The third-order valence-electron chi connectivity index (χ3n) is 7.40. The maximum Gasteiger partial charge on any atom is 0.252 e. The SMILES string of the molecule is CC1CCC([C@H](NC(=O)c2cccc(-n3ccnc3)c2)C(=O)N2C[C@H](Cl)[C@H]3OCC(=O)[C@H]32)CC1. The maximum atomic E-state index is 13.8. The summed E-state index contributed by atoms with van der Waals surface area (Å²) in [7, 11) is 0. The molecule has 3 aliphatic rings. The molecule has 2 saturated heterocycles. The van der Waals surface area contributed by atoms with Crippen LogP contribution in [0.5, 0.6) is 0 Å². The Morgan fingerprint density at radius 2 is 2.03 bits per heavy atom. The predicted octanol–water partition coefficient (Wildman–Crippen LogP) is 2.58. The van der Waals surface area contributed by atoms with Crippen LogP contribution in [0.4, 0.5) is 0 Å². The van der Waals surface area contributed by atoms with Gasteiger partial charge in [-0.15, -0.1) is 11.6 Å². The number of nitrogens with zero attached hydrogens (tertiary/aromatic N) is 3. The fourth-order valence-corrected chi connectivity index (χ4v) is 5.81. The first-order valence-electron chi connectivity index (χ1n) is 11.9. The molecule has 8 nitrogen and oxygen atoms in total. The fraction of sp³-hybridized carbons (Fsp3) is 0.520. The maximum absolute atomic E-state index is 13.8. The number of aromatic nitrogens is 2. The number of Topliss-reactive ketones (excluding diaryl/α,β-unsaturated/α-hetero) is 1. The topological polar surface area (TPSA) is 93.5 Å². The zero-order valence-electron chi connectivity index (χ0n) is 19.1. The van der Waals surface area contributed by atoms with Gasteiger partial charge in [0.25, 0.3) is 5.91 Å². The zero-order valence-corrected chi connectivity index (χ0v) is 19.9. The number of ether oxygens (including phenoxy) is 1. The molecule has 2 aliphatic heterocycles. The molecule has 0 radical (unpaired) electrons. The normalized spacial score (nSPS) is 29.6. The molecule has 0 unspecified atom stereocenters. The van der Waals surface area contributed by atoms with Crippen molar-refractivity contribution in [1.29, 1.82) is 0 Å². The molecule has 34 heavy (non-hydrogen) atoms. The van der Waals surface area contributed by atoms with E-state index in [1.165, 1.54) is 0 Å². The minimum atomic E-state index is -0.715. The second-order valence-electron chi connectivity index (χ2n) is 9.68. The average Bonchev–Trinajstić information content (AvgIpc) is 3.58. The van der Waals surface area contributed by atoms with E-state index in [4.69, 9.17) is 16.3 Å². The molecule has 1 aromatic carbocycles. The molecule has 2 amide bonds. The predicted molar refractivity (Wildman–Crippen MR) is 126 cm³/mol. The van der Waals surface area contributed by atoms with Crippen molar-refractivity contribution in [1.82, 2.24) is 19.8 Å². The first-order chi connectivity index (χ1) is 16.4.